The number of fused-ring (bicyclic) bond motifs is 9. The summed E-state index contributed by atoms with van der Waals surface area (Å²) in [5.41, 5.74) is 8.51. The molecule has 244 valence electrons. The van der Waals surface area contributed by atoms with E-state index in [2.05, 4.69) is 115 Å². The highest BCUT2D eigenvalue weighted by Crippen LogP contribution is 2.45. The molecule has 3 aromatic heterocycles. The number of nitrogens with zero attached hydrogens (tertiary/aromatic N) is 3. The first-order valence-corrected chi connectivity index (χ1v) is 17.7. The van der Waals surface area contributed by atoms with Crippen molar-refractivity contribution in [1.82, 2.24) is 15.0 Å². The van der Waals surface area contributed by atoms with E-state index in [1.54, 1.807) is 0 Å². The van der Waals surface area contributed by atoms with Crippen molar-refractivity contribution in [3.8, 4) is 45.3 Å². The summed E-state index contributed by atoms with van der Waals surface area (Å²) >= 11 is 0. The first kappa shape index (κ1) is 28.9. The number of allylic oxidation sites excluding steroid dienone is 1. The van der Waals surface area contributed by atoms with Gasteiger partial charge in [0, 0.05) is 50.4 Å². The van der Waals surface area contributed by atoms with Gasteiger partial charge >= 0.3 is 0 Å². The fourth-order valence-corrected chi connectivity index (χ4v) is 8.02. The SMILES string of the molecule is C1=Cc2c(oc3c(-c4cccc5oc6ccccc6c45)ccc(-c4nc(-c5ccccc5)nc(-c5cc6ccccc6c6ccccc56)n4)c23)CC1. The molecule has 7 aromatic carbocycles. The van der Waals surface area contributed by atoms with Crippen LogP contribution in [-0.4, -0.2) is 15.0 Å². The zero-order valence-electron chi connectivity index (χ0n) is 28.0. The standard InChI is InChI=1S/C47H29N3O2/c1-2-13-28(14-3-1)45-48-46(50-47(49-45)38-27-29-15-4-5-16-30(29)31-17-6-7-18-32(31)38)37-26-25-34(44-43(37)36-20-9-11-23-40(36)52-44)33-21-12-24-41-42(33)35-19-8-10-22-39(35)51-41/h1-10,12-22,24-27H,11,23H2. The van der Waals surface area contributed by atoms with Crippen molar-refractivity contribution in [2.24, 2.45) is 0 Å². The maximum absolute atomic E-state index is 6.86. The van der Waals surface area contributed by atoms with Gasteiger partial charge < -0.3 is 8.83 Å². The maximum Gasteiger partial charge on any atom is 0.164 e. The van der Waals surface area contributed by atoms with E-state index >= 15 is 0 Å². The molecule has 10 aromatic rings. The molecule has 1 aliphatic rings. The van der Waals surface area contributed by atoms with Gasteiger partial charge in [-0.1, -0.05) is 121 Å². The van der Waals surface area contributed by atoms with Crippen LogP contribution in [0.5, 0.6) is 0 Å². The number of benzene rings is 7. The van der Waals surface area contributed by atoms with Crippen LogP contribution in [0.3, 0.4) is 0 Å². The molecule has 1 aliphatic carbocycles. The quantitative estimate of drug-likeness (QED) is 0.175. The average molecular weight is 668 g/mol. The Bertz CT molecular complexity index is 3080. The Morgan fingerprint density at radius 3 is 2.04 bits per heavy atom. The number of aromatic nitrogens is 3. The molecule has 5 heteroatoms. The van der Waals surface area contributed by atoms with E-state index in [1.165, 1.54) is 10.8 Å². The predicted molar refractivity (Wildman–Crippen MR) is 211 cm³/mol. The largest absolute Gasteiger partial charge is 0.460 e. The maximum atomic E-state index is 6.86. The zero-order valence-corrected chi connectivity index (χ0v) is 28.0. The zero-order chi connectivity index (χ0) is 34.2. The molecule has 5 nitrogen and oxygen atoms in total. The molecule has 3 heterocycles. The van der Waals surface area contributed by atoms with Crippen molar-refractivity contribution in [3.63, 3.8) is 0 Å². The van der Waals surface area contributed by atoms with E-state index in [-0.39, 0.29) is 0 Å². The van der Waals surface area contributed by atoms with Crippen LogP contribution in [-0.2, 0) is 6.42 Å². The lowest BCUT2D eigenvalue weighted by Gasteiger charge is -2.13. The number of rotatable bonds is 4. The number of para-hydroxylation sites is 1. The molecule has 0 unspecified atom stereocenters. The molecule has 0 aliphatic heterocycles. The van der Waals surface area contributed by atoms with Gasteiger partial charge in [-0.05, 0) is 63.9 Å². The summed E-state index contributed by atoms with van der Waals surface area (Å²) in [5.74, 6) is 2.84. The Kier molecular flexibility index (Phi) is 6.31. The topological polar surface area (TPSA) is 65.0 Å². The summed E-state index contributed by atoms with van der Waals surface area (Å²) in [6, 6.07) is 48.2. The molecule has 11 rings (SSSR count). The number of hydrogen-bond donors (Lipinski definition) is 0. The van der Waals surface area contributed by atoms with E-state index in [9.17, 15) is 0 Å². The van der Waals surface area contributed by atoms with Crippen LogP contribution in [0.15, 0.2) is 154 Å². The lowest BCUT2D eigenvalue weighted by molar-refractivity contribution is 0.547. The second-order valence-electron chi connectivity index (χ2n) is 13.4. The van der Waals surface area contributed by atoms with Gasteiger partial charge in [-0.15, -0.1) is 0 Å². The van der Waals surface area contributed by atoms with Gasteiger partial charge in [0.2, 0.25) is 0 Å². The molecule has 0 saturated carbocycles. The molecule has 0 radical (unpaired) electrons. The van der Waals surface area contributed by atoms with Gasteiger partial charge in [0.15, 0.2) is 17.5 Å². The third-order valence-corrected chi connectivity index (χ3v) is 10.4. The minimum atomic E-state index is 0.604. The van der Waals surface area contributed by atoms with Gasteiger partial charge in [-0.2, -0.15) is 0 Å². The Hall–Kier alpha value is -6.85. The van der Waals surface area contributed by atoms with Crippen molar-refractivity contribution in [3.05, 3.63) is 157 Å². The molecule has 0 spiro atoms. The van der Waals surface area contributed by atoms with E-state index in [0.29, 0.717) is 17.5 Å². The average Bonchev–Trinajstić information content (AvgIpc) is 3.80. The number of hydrogen-bond acceptors (Lipinski definition) is 5. The van der Waals surface area contributed by atoms with Crippen molar-refractivity contribution < 1.29 is 8.83 Å². The molecule has 0 amide bonds. The molecular weight excluding hydrogens is 639 g/mol. The summed E-state index contributed by atoms with van der Waals surface area (Å²) in [7, 11) is 0. The molecule has 0 saturated heterocycles. The Morgan fingerprint density at radius 1 is 0.462 bits per heavy atom. The van der Waals surface area contributed by atoms with Crippen molar-refractivity contribution in [1.29, 1.82) is 0 Å². The van der Waals surface area contributed by atoms with Crippen molar-refractivity contribution in [2.45, 2.75) is 12.8 Å². The van der Waals surface area contributed by atoms with Crippen molar-refractivity contribution in [2.75, 3.05) is 0 Å². The van der Waals surface area contributed by atoms with Gasteiger partial charge in [0.1, 0.15) is 22.5 Å². The smallest absolute Gasteiger partial charge is 0.164 e. The first-order chi connectivity index (χ1) is 25.8. The second kappa shape index (κ2) is 11.3. The monoisotopic (exact) mass is 667 g/mol. The third kappa shape index (κ3) is 4.39. The lowest BCUT2D eigenvalue weighted by Crippen LogP contribution is -2.01. The van der Waals surface area contributed by atoms with E-state index < -0.39 is 0 Å². The minimum absolute atomic E-state index is 0.604. The summed E-state index contributed by atoms with van der Waals surface area (Å²) in [4.78, 5) is 15.7. The summed E-state index contributed by atoms with van der Waals surface area (Å²) in [5, 5.41) is 7.78. The molecule has 0 atom stereocenters. The van der Waals surface area contributed by atoms with Gasteiger partial charge in [0.05, 0.1) is 0 Å². The van der Waals surface area contributed by atoms with E-state index in [4.69, 9.17) is 23.8 Å². The normalized spacial score (nSPS) is 12.8. The molecule has 52 heavy (non-hydrogen) atoms. The predicted octanol–water partition coefficient (Wildman–Crippen LogP) is 12.5. The van der Waals surface area contributed by atoms with Crippen LogP contribution in [0, 0.1) is 0 Å². The van der Waals surface area contributed by atoms with E-state index in [0.717, 1.165) is 95.7 Å². The van der Waals surface area contributed by atoms with Crippen LogP contribution in [0.1, 0.15) is 17.7 Å². The highest BCUT2D eigenvalue weighted by Gasteiger charge is 2.25. The minimum Gasteiger partial charge on any atom is -0.460 e. The first-order valence-electron chi connectivity index (χ1n) is 17.7. The highest BCUT2D eigenvalue weighted by molar-refractivity contribution is 6.17. The fourth-order valence-electron chi connectivity index (χ4n) is 8.02. The number of furan rings is 2. The second-order valence-corrected chi connectivity index (χ2v) is 13.4. The van der Waals surface area contributed by atoms with Crippen LogP contribution in [0.25, 0.3) is 106 Å². The van der Waals surface area contributed by atoms with E-state index in [1.807, 2.05) is 36.4 Å². The van der Waals surface area contributed by atoms with Crippen molar-refractivity contribution >= 4 is 60.5 Å². The van der Waals surface area contributed by atoms with Crippen LogP contribution in [0.2, 0.25) is 0 Å². The van der Waals surface area contributed by atoms with Gasteiger partial charge in [-0.25, -0.2) is 15.0 Å². The summed E-state index contributed by atoms with van der Waals surface area (Å²) < 4.78 is 13.2. The Morgan fingerprint density at radius 2 is 1.15 bits per heavy atom. The summed E-state index contributed by atoms with van der Waals surface area (Å²) in [6.07, 6.45) is 6.19. The lowest BCUT2D eigenvalue weighted by atomic mass is 9.93. The summed E-state index contributed by atoms with van der Waals surface area (Å²) in [6.45, 7) is 0. The Labute approximate surface area is 298 Å². The fraction of sp³-hybridized carbons (Fsp3) is 0.0426. The van der Waals surface area contributed by atoms with Crippen LogP contribution >= 0.6 is 0 Å². The molecule has 0 fully saturated rings. The Balaban J connectivity index is 1.21. The van der Waals surface area contributed by atoms with Crippen LogP contribution in [0.4, 0.5) is 0 Å². The molecule has 0 N–H and O–H groups in total. The van der Waals surface area contributed by atoms with Gasteiger partial charge in [0.25, 0.3) is 0 Å². The molecular formula is C47H29N3O2. The number of aryl methyl sites for hydroxylation is 1. The van der Waals surface area contributed by atoms with Crippen LogP contribution < -0.4 is 0 Å². The molecule has 0 bridgehead atoms. The van der Waals surface area contributed by atoms with Gasteiger partial charge in [-0.3, -0.25) is 0 Å². The highest BCUT2D eigenvalue weighted by atomic mass is 16.3. The third-order valence-electron chi connectivity index (χ3n) is 10.4.